The van der Waals surface area contributed by atoms with E-state index in [0.717, 1.165) is 0 Å². The lowest BCUT2D eigenvalue weighted by molar-refractivity contribution is -0.148. The molecule has 0 heterocycles. The number of esters is 1. The summed E-state index contributed by atoms with van der Waals surface area (Å²) < 4.78 is 4.92. The lowest BCUT2D eigenvalue weighted by Crippen LogP contribution is -2.13. The fraction of sp³-hybridized carbons (Fsp3) is 0.800. The fourth-order valence-corrected chi connectivity index (χ4v) is 1.09. The Kier molecular flexibility index (Phi) is 5.92. The number of carboxylic acid groups (broad SMARTS) is 1. The molecule has 0 amide bonds. The molecular weight excluding hydrogens is 184 g/mol. The molecule has 1 N–H and O–H groups in total. The molecule has 4 heteroatoms. The van der Waals surface area contributed by atoms with E-state index in [4.69, 9.17) is 9.84 Å². The molecule has 0 saturated heterocycles. The lowest BCUT2D eigenvalue weighted by Gasteiger charge is -2.10. The van der Waals surface area contributed by atoms with Gasteiger partial charge in [-0.1, -0.05) is 6.92 Å². The van der Waals surface area contributed by atoms with Crippen molar-refractivity contribution >= 4 is 11.9 Å². The minimum absolute atomic E-state index is 0.0206. The number of rotatable bonds is 6. The summed E-state index contributed by atoms with van der Waals surface area (Å²) in [6.07, 6.45) is 0.872. The molecule has 0 unspecified atom stereocenters. The third-order valence-electron chi connectivity index (χ3n) is 1.73. The van der Waals surface area contributed by atoms with E-state index in [1.165, 1.54) is 0 Å². The molecule has 0 saturated carbocycles. The van der Waals surface area contributed by atoms with E-state index in [1.807, 2.05) is 6.92 Å². The van der Waals surface area contributed by atoms with Crippen molar-refractivity contribution < 1.29 is 19.4 Å². The molecule has 0 aliphatic carbocycles. The van der Waals surface area contributed by atoms with Crippen LogP contribution in [0.5, 0.6) is 0 Å². The van der Waals surface area contributed by atoms with Crippen LogP contribution in [-0.2, 0) is 14.3 Å². The Balaban J connectivity index is 3.61. The zero-order valence-corrected chi connectivity index (χ0v) is 8.95. The normalized spacial score (nSPS) is 12.6. The van der Waals surface area contributed by atoms with Crippen LogP contribution in [0.15, 0.2) is 0 Å². The van der Waals surface area contributed by atoms with Crippen molar-refractivity contribution in [2.45, 2.75) is 46.1 Å². The molecule has 0 radical (unpaired) electrons. The van der Waals surface area contributed by atoms with E-state index in [9.17, 15) is 9.59 Å². The van der Waals surface area contributed by atoms with Crippen LogP contribution in [-0.4, -0.2) is 23.1 Å². The van der Waals surface area contributed by atoms with Gasteiger partial charge >= 0.3 is 11.9 Å². The van der Waals surface area contributed by atoms with E-state index < -0.39 is 5.97 Å². The number of carbonyl (C=O) groups excluding carboxylic acids is 1. The van der Waals surface area contributed by atoms with Crippen molar-refractivity contribution in [1.82, 2.24) is 0 Å². The molecule has 0 aliphatic rings. The quantitative estimate of drug-likeness (QED) is 0.667. The summed E-state index contributed by atoms with van der Waals surface area (Å²) in [5, 5.41) is 8.48. The zero-order chi connectivity index (χ0) is 11.1. The molecule has 0 aliphatic heterocycles. The highest BCUT2D eigenvalue weighted by Crippen LogP contribution is 2.11. The van der Waals surface area contributed by atoms with Crippen molar-refractivity contribution in [2.75, 3.05) is 0 Å². The Labute approximate surface area is 84.3 Å². The van der Waals surface area contributed by atoms with Crippen molar-refractivity contribution in [3.63, 3.8) is 0 Å². The van der Waals surface area contributed by atoms with Gasteiger partial charge < -0.3 is 9.84 Å². The van der Waals surface area contributed by atoms with Gasteiger partial charge in [-0.2, -0.15) is 0 Å². The second-order valence-corrected chi connectivity index (χ2v) is 3.78. The zero-order valence-electron chi connectivity index (χ0n) is 8.95. The van der Waals surface area contributed by atoms with Gasteiger partial charge in [0.1, 0.15) is 0 Å². The SMILES string of the molecule is CC(C)OC(=O)CC[C@H](C)CC(=O)O. The molecule has 0 aromatic rings. The molecule has 4 nitrogen and oxygen atoms in total. The summed E-state index contributed by atoms with van der Waals surface area (Å²) in [7, 11) is 0. The maximum absolute atomic E-state index is 11.1. The van der Waals surface area contributed by atoms with Crippen molar-refractivity contribution in [3.05, 3.63) is 0 Å². The van der Waals surface area contributed by atoms with E-state index in [-0.39, 0.29) is 24.4 Å². The standard InChI is InChI=1S/C10H18O4/c1-7(2)14-10(13)5-4-8(3)6-9(11)12/h7-8H,4-6H2,1-3H3,(H,11,12)/t8-/m0/s1. The van der Waals surface area contributed by atoms with Crippen LogP contribution in [0, 0.1) is 5.92 Å². The van der Waals surface area contributed by atoms with Crippen molar-refractivity contribution in [2.24, 2.45) is 5.92 Å². The second kappa shape index (κ2) is 6.40. The van der Waals surface area contributed by atoms with Gasteiger partial charge in [-0.25, -0.2) is 0 Å². The fourth-order valence-electron chi connectivity index (χ4n) is 1.09. The molecule has 0 rings (SSSR count). The minimum atomic E-state index is -0.824. The third-order valence-corrected chi connectivity index (χ3v) is 1.73. The number of carboxylic acids is 1. The minimum Gasteiger partial charge on any atom is -0.481 e. The molecule has 0 fully saturated rings. The van der Waals surface area contributed by atoms with Crippen LogP contribution < -0.4 is 0 Å². The average Bonchev–Trinajstić information content (AvgIpc) is 1.98. The topological polar surface area (TPSA) is 63.6 Å². The van der Waals surface area contributed by atoms with E-state index in [2.05, 4.69) is 0 Å². The highest BCUT2D eigenvalue weighted by Gasteiger charge is 2.11. The van der Waals surface area contributed by atoms with E-state index in [0.29, 0.717) is 12.8 Å². The van der Waals surface area contributed by atoms with Gasteiger partial charge in [-0.3, -0.25) is 9.59 Å². The second-order valence-electron chi connectivity index (χ2n) is 3.78. The molecule has 14 heavy (non-hydrogen) atoms. The molecule has 0 aromatic carbocycles. The number of hydrogen-bond donors (Lipinski definition) is 1. The number of aliphatic carboxylic acids is 1. The van der Waals surface area contributed by atoms with Gasteiger partial charge in [-0.15, -0.1) is 0 Å². The average molecular weight is 202 g/mol. The van der Waals surface area contributed by atoms with Gasteiger partial charge in [-0.05, 0) is 26.2 Å². The van der Waals surface area contributed by atoms with Gasteiger partial charge in [0.25, 0.3) is 0 Å². The summed E-state index contributed by atoms with van der Waals surface area (Å²) in [4.78, 5) is 21.4. The summed E-state index contributed by atoms with van der Waals surface area (Å²) in [5.74, 6) is -1.06. The maximum Gasteiger partial charge on any atom is 0.306 e. The van der Waals surface area contributed by atoms with Gasteiger partial charge in [0, 0.05) is 12.8 Å². The molecular formula is C10H18O4. The van der Waals surface area contributed by atoms with Crippen LogP contribution >= 0.6 is 0 Å². The molecule has 82 valence electrons. The summed E-state index contributed by atoms with van der Waals surface area (Å²) in [6, 6.07) is 0. The van der Waals surface area contributed by atoms with Crippen LogP contribution in [0.3, 0.4) is 0 Å². The van der Waals surface area contributed by atoms with Crippen molar-refractivity contribution in [3.8, 4) is 0 Å². The number of ether oxygens (including phenoxy) is 1. The molecule has 0 spiro atoms. The first-order chi connectivity index (χ1) is 6.41. The summed E-state index contributed by atoms with van der Waals surface area (Å²) in [6.45, 7) is 5.40. The third kappa shape index (κ3) is 7.58. The Morgan fingerprint density at radius 3 is 2.29 bits per heavy atom. The Morgan fingerprint density at radius 1 is 1.29 bits per heavy atom. The molecule has 0 bridgehead atoms. The van der Waals surface area contributed by atoms with Crippen LogP contribution in [0.25, 0.3) is 0 Å². The largest absolute Gasteiger partial charge is 0.481 e. The van der Waals surface area contributed by atoms with Crippen molar-refractivity contribution in [1.29, 1.82) is 0 Å². The highest BCUT2D eigenvalue weighted by molar-refractivity contribution is 5.70. The predicted molar refractivity (Wildman–Crippen MR) is 51.9 cm³/mol. The first-order valence-electron chi connectivity index (χ1n) is 4.83. The van der Waals surface area contributed by atoms with Gasteiger partial charge in [0.2, 0.25) is 0 Å². The van der Waals surface area contributed by atoms with Crippen LogP contribution in [0.1, 0.15) is 40.0 Å². The summed E-state index contributed by atoms with van der Waals surface area (Å²) >= 11 is 0. The molecule has 0 aromatic heterocycles. The van der Waals surface area contributed by atoms with Crippen LogP contribution in [0.4, 0.5) is 0 Å². The van der Waals surface area contributed by atoms with Gasteiger partial charge in [0.15, 0.2) is 0 Å². The Hall–Kier alpha value is -1.06. The number of hydrogen-bond acceptors (Lipinski definition) is 3. The Morgan fingerprint density at radius 2 is 1.86 bits per heavy atom. The predicted octanol–water partition coefficient (Wildman–Crippen LogP) is 1.83. The summed E-state index contributed by atoms with van der Waals surface area (Å²) in [5.41, 5.74) is 0. The first-order valence-corrected chi connectivity index (χ1v) is 4.83. The molecule has 1 atom stereocenters. The first kappa shape index (κ1) is 12.9. The van der Waals surface area contributed by atoms with E-state index >= 15 is 0 Å². The Bertz CT molecular complexity index is 198. The maximum atomic E-state index is 11.1. The smallest absolute Gasteiger partial charge is 0.306 e. The van der Waals surface area contributed by atoms with Gasteiger partial charge in [0.05, 0.1) is 6.10 Å². The van der Waals surface area contributed by atoms with Crippen LogP contribution in [0.2, 0.25) is 0 Å². The van der Waals surface area contributed by atoms with E-state index in [1.54, 1.807) is 13.8 Å². The highest BCUT2D eigenvalue weighted by atomic mass is 16.5. The lowest BCUT2D eigenvalue weighted by atomic mass is 10.0. The monoisotopic (exact) mass is 202 g/mol. The number of carbonyl (C=O) groups is 2.